The largest absolute Gasteiger partial charge is 0.368 e. The van der Waals surface area contributed by atoms with Crippen LogP contribution in [-0.4, -0.2) is 43.0 Å². The lowest BCUT2D eigenvalue weighted by Gasteiger charge is -2.36. The molecule has 0 aliphatic carbocycles. The highest BCUT2D eigenvalue weighted by Gasteiger charge is 2.21. The van der Waals surface area contributed by atoms with E-state index in [-0.39, 0.29) is 17.0 Å². The summed E-state index contributed by atoms with van der Waals surface area (Å²) in [5.41, 5.74) is 2.17. The standard InChI is InChI=1S/C19H20ClFN4O2/c1-13(26)22-14-2-4-15(5-3-14)23-19(27)25-10-8-24(9-11-25)16-6-7-18(21)17(20)12-16/h2-7,12H,8-11H2,1H3,(H,22,26)(H,23,27). The lowest BCUT2D eigenvalue weighted by molar-refractivity contribution is -0.114. The summed E-state index contributed by atoms with van der Waals surface area (Å²) in [6.07, 6.45) is 0. The number of hydrogen-bond acceptors (Lipinski definition) is 3. The van der Waals surface area contributed by atoms with Gasteiger partial charge in [0, 0.05) is 50.2 Å². The molecule has 0 spiro atoms. The Morgan fingerprint density at radius 3 is 2.11 bits per heavy atom. The molecule has 142 valence electrons. The molecule has 0 aromatic heterocycles. The first-order valence-corrected chi connectivity index (χ1v) is 8.94. The van der Waals surface area contributed by atoms with Crippen LogP contribution in [-0.2, 0) is 4.79 Å². The molecule has 6 nitrogen and oxygen atoms in total. The molecular formula is C19H20ClFN4O2. The van der Waals surface area contributed by atoms with E-state index in [1.165, 1.54) is 13.0 Å². The summed E-state index contributed by atoms with van der Waals surface area (Å²) in [5.74, 6) is -0.588. The molecule has 3 rings (SSSR count). The number of nitrogens with one attached hydrogen (secondary N) is 2. The van der Waals surface area contributed by atoms with Crippen LogP contribution in [0, 0.1) is 5.82 Å². The molecule has 0 saturated carbocycles. The highest BCUT2D eigenvalue weighted by Crippen LogP contribution is 2.24. The minimum Gasteiger partial charge on any atom is -0.368 e. The smallest absolute Gasteiger partial charge is 0.321 e. The first kappa shape index (κ1) is 19.0. The molecule has 1 aliphatic heterocycles. The van der Waals surface area contributed by atoms with Gasteiger partial charge in [0.2, 0.25) is 5.91 Å². The Hall–Kier alpha value is -2.80. The predicted octanol–water partition coefficient (Wildman–Crippen LogP) is 3.79. The van der Waals surface area contributed by atoms with Gasteiger partial charge in [0.15, 0.2) is 0 Å². The fraction of sp³-hybridized carbons (Fsp3) is 0.263. The average Bonchev–Trinajstić information content (AvgIpc) is 2.65. The van der Waals surface area contributed by atoms with Crippen LogP contribution in [0.15, 0.2) is 42.5 Å². The van der Waals surface area contributed by atoms with E-state index in [0.29, 0.717) is 37.6 Å². The normalized spacial score (nSPS) is 14.0. The highest BCUT2D eigenvalue weighted by atomic mass is 35.5. The van der Waals surface area contributed by atoms with Gasteiger partial charge in [-0.2, -0.15) is 0 Å². The number of urea groups is 1. The zero-order valence-electron chi connectivity index (χ0n) is 14.8. The topological polar surface area (TPSA) is 64.7 Å². The Balaban J connectivity index is 1.53. The van der Waals surface area contributed by atoms with Crippen molar-refractivity contribution in [2.24, 2.45) is 0 Å². The van der Waals surface area contributed by atoms with Crippen molar-refractivity contribution in [2.45, 2.75) is 6.92 Å². The molecule has 2 aromatic carbocycles. The van der Waals surface area contributed by atoms with Gasteiger partial charge < -0.3 is 20.4 Å². The minimum absolute atomic E-state index is 0.0929. The maximum atomic E-state index is 13.3. The van der Waals surface area contributed by atoms with Crippen LogP contribution in [0.3, 0.4) is 0 Å². The van der Waals surface area contributed by atoms with Crippen molar-refractivity contribution >= 4 is 40.6 Å². The van der Waals surface area contributed by atoms with Crippen LogP contribution in [0.5, 0.6) is 0 Å². The Labute approximate surface area is 161 Å². The summed E-state index contributed by atoms with van der Waals surface area (Å²) in [6, 6.07) is 11.4. The van der Waals surface area contributed by atoms with Crippen molar-refractivity contribution in [1.29, 1.82) is 0 Å². The van der Waals surface area contributed by atoms with Crippen LogP contribution in [0.2, 0.25) is 5.02 Å². The molecule has 1 aliphatic rings. The van der Waals surface area contributed by atoms with E-state index in [0.717, 1.165) is 5.69 Å². The van der Waals surface area contributed by atoms with Crippen LogP contribution in [0.4, 0.5) is 26.2 Å². The number of piperazine rings is 1. The van der Waals surface area contributed by atoms with Crippen molar-refractivity contribution in [3.05, 3.63) is 53.3 Å². The zero-order valence-corrected chi connectivity index (χ0v) is 15.6. The Morgan fingerprint density at radius 2 is 1.56 bits per heavy atom. The van der Waals surface area contributed by atoms with Gasteiger partial charge in [0.1, 0.15) is 5.82 Å². The van der Waals surface area contributed by atoms with E-state index in [1.807, 2.05) is 0 Å². The Bertz CT molecular complexity index is 836. The molecule has 27 heavy (non-hydrogen) atoms. The van der Waals surface area contributed by atoms with E-state index in [2.05, 4.69) is 15.5 Å². The van der Waals surface area contributed by atoms with Gasteiger partial charge in [-0.1, -0.05) is 11.6 Å². The highest BCUT2D eigenvalue weighted by molar-refractivity contribution is 6.31. The average molecular weight is 391 g/mol. The number of benzene rings is 2. The molecular weight excluding hydrogens is 371 g/mol. The molecule has 1 heterocycles. The van der Waals surface area contributed by atoms with Crippen LogP contribution in [0.25, 0.3) is 0 Å². The maximum absolute atomic E-state index is 13.3. The number of rotatable bonds is 3. The van der Waals surface area contributed by atoms with Crippen molar-refractivity contribution in [3.63, 3.8) is 0 Å². The van der Waals surface area contributed by atoms with Gasteiger partial charge in [-0.25, -0.2) is 9.18 Å². The van der Waals surface area contributed by atoms with Crippen molar-refractivity contribution in [2.75, 3.05) is 41.7 Å². The van der Waals surface area contributed by atoms with Gasteiger partial charge in [-0.05, 0) is 42.5 Å². The molecule has 8 heteroatoms. The lowest BCUT2D eigenvalue weighted by Crippen LogP contribution is -2.50. The van der Waals surface area contributed by atoms with Gasteiger partial charge in [0.25, 0.3) is 0 Å². The minimum atomic E-state index is -0.442. The van der Waals surface area contributed by atoms with Gasteiger partial charge >= 0.3 is 6.03 Å². The number of hydrogen-bond donors (Lipinski definition) is 2. The third-order valence-electron chi connectivity index (χ3n) is 4.29. The first-order valence-electron chi connectivity index (χ1n) is 8.56. The molecule has 0 radical (unpaired) electrons. The van der Waals surface area contributed by atoms with Gasteiger partial charge in [-0.3, -0.25) is 4.79 Å². The second-order valence-corrected chi connectivity index (χ2v) is 6.67. The van der Waals surface area contributed by atoms with Crippen LogP contribution in [0.1, 0.15) is 6.92 Å². The molecule has 2 N–H and O–H groups in total. The molecule has 0 bridgehead atoms. The third kappa shape index (κ3) is 4.89. The maximum Gasteiger partial charge on any atom is 0.321 e. The number of nitrogens with zero attached hydrogens (tertiary/aromatic N) is 2. The molecule has 3 amide bonds. The van der Waals surface area contributed by atoms with E-state index < -0.39 is 5.82 Å². The quantitative estimate of drug-likeness (QED) is 0.838. The van der Waals surface area contributed by atoms with Crippen LogP contribution < -0.4 is 15.5 Å². The van der Waals surface area contributed by atoms with Gasteiger partial charge in [-0.15, -0.1) is 0 Å². The summed E-state index contributed by atoms with van der Waals surface area (Å²) in [5, 5.41) is 5.62. The number of halogens is 2. The van der Waals surface area contributed by atoms with E-state index in [1.54, 1.807) is 41.3 Å². The molecule has 0 atom stereocenters. The number of amides is 3. The number of anilines is 3. The van der Waals surface area contributed by atoms with Crippen molar-refractivity contribution in [3.8, 4) is 0 Å². The molecule has 1 fully saturated rings. The summed E-state index contributed by atoms with van der Waals surface area (Å²) in [7, 11) is 0. The summed E-state index contributed by atoms with van der Waals surface area (Å²) >= 11 is 5.84. The monoisotopic (exact) mass is 390 g/mol. The zero-order chi connectivity index (χ0) is 19.4. The fourth-order valence-corrected chi connectivity index (χ4v) is 3.07. The third-order valence-corrected chi connectivity index (χ3v) is 4.58. The van der Waals surface area contributed by atoms with Crippen molar-refractivity contribution in [1.82, 2.24) is 4.90 Å². The summed E-state index contributed by atoms with van der Waals surface area (Å²) in [6.45, 7) is 3.80. The Kier molecular flexibility index (Phi) is 5.81. The predicted molar refractivity (Wildman–Crippen MR) is 105 cm³/mol. The molecule has 2 aromatic rings. The SMILES string of the molecule is CC(=O)Nc1ccc(NC(=O)N2CCN(c3ccc(F)c(Cl)c3)CC2)cc1. The fourth-order valence-electron chi connectivity index (χ4n) is 2.89. The number of carbonyl (C=O) groups is 2. The molecule has 0 unspecified atom stereocenters. The van der Waals surface area contributed by atoms with Crippen LogP contribution >= 0.6 is 11.6 Å². The van der Waals surface area contributed by atoms with Crippen molar-refractivity contribution < 1.29 is 14.0 Å². The molecule has 1 saturated heterocycles. The van der Waals surface area contributed by atoms with E-state index in [9.17, 15) is 14.0 Å². The van der Waals surface area contributed by atoms with E-state index in [4.69, 9.17) is 11.6 Å². The first-order chi connectivity index (χ1) is 12.9. The lowest BCUT2D eigenvalue weighted by atomic mass is 10.2. The van der Waals surface area contributed by atoms with Gasteiger partial charge in [0.05, 0.1) is 5.02 Å². The second kappa shape index (κ2) is 8.26. The second-order valence-electron chi connectivity index (χ2n) is 6.26. The number of carbonyl (C=O) groups excluding carboxylic acids is 2. The van der Waals surface area contributed by atoms with E-state index >= 15 is 0 Å². The summed E-state index contributed by atoms with van der Waals surface area (Å²) < 4.78 is 13.3. The summed E-state index contributed by atoms with van der Waals surface area (Å²) in [4.78, 5) is 27.2. The Morgan fingerprint density at radius 1 is 0.963 bits per heavy atom.